The van der Waals surface area contributed by atoms with E-state index in [0.717, 1.165) is 0 Å². The van der Waals surface area contributed by atoms with Gasteiger partial charge in [0.2, 0.25) is 0 Å². The molecule has 0 atom stereocenters. The summed E-state index contributed by atoms with van der Waals surface area (Å²) in [6.45, 7) is 5.58. The Morgan fingerprint density at radius 2 is 2.04 bits per heavy atom. The van der Waals surface area contributed by atoms with Crippen LogP contribution in [0.15, 0.2) is 24.3 Å². The zero-order chi connectivity index (χ0) is 17.6. The van der Waals surface area contributed by atoms with Gasteiger partial charge in [0.1, 0.15) is 5.75 Å². The molecule has 0 aromatic heterocycles. The Morgan fingerprint density at radius 1 is 1.33 bits per heavy atom. The lowest BCUT2D eigenvalue weighted by atomic mass is 9.86. The van der Waals surface area contributed by atoms with Crippen molar-refractivity contribution in [3.8, 4) is 5.75 Å². The third-order valence-electron chi connectivity index (χ3n) is 4.00. The Hall–Kier alpha value is -2.08. The molecule has 132 valence electrons. The van der Waals surface area contributed by atoms with Gasteiger partial charge in [-0.05, 0) is 37.0 Å². The van der Waals surface area contributed by atoms with Crippen LogP contribution in [-0.2, 0) is 9.53 Å². The molecule has 24 heavy (non-hydrogen) atoms. The summed E-state index contributed by atoms with van der Waals surface area (Å²) >= 11 is 0. The maximum absolute atomic E-state index is 12.6. The topological polar surface area (TPSA) is 84.9 Å². The molecule has 0 bridgehead atoms. The van der Waals surface area contributed by atoms with E-state index in [1.165, 1.54) is 0 Å². The lowest BCUT2D eigenvalue weighted by Gasteiger charge is -2.36. The molecule has 1 amide bonds. The van der Waals surface area contributed by atoms with Gasteiger partial charge >= 0.3 is 5.97 Å². The summed E-state index contributed by atoms with van der Waals surface area (Å²) in [6.07, 6.45) is 0.884. The van der Waals surface area contributed by atoms with Gasteiger partial charge < -0.3 is 19.9 Å². The summed E-state index contributed by atoms with van der Waals surface area (Å²) in [7, 11) is 0. The first-order chi connectivity index (χ1) is 11.4. The van der Waals surface area contributed by atoms with E-state index < -0.39 is 11.5 Å². The summed E-state index contributed by atoms with van der Waals surface area (Å²) in [5.74, 6) is -0.182. The highest BCUT2D eigenvalue weighted by molar-refractivity contribution is 5.95. The minimum Gasteiger partial charge on any atom is -0.493 e. The Balaban J connectivity index is 2.09. The standard InChI is InChI=1S/C18H25NO5/c1-13(2)12-24-15-5-3-4-14(10-15)17(22)19-18(11-16(20)21)6-8-23-9-7-18/h3-5,10,13H,6-9,11-12H2,1-2H3,(H,19,22)(H,20,21). The molecule has 0 aliphatic carbocycles. The van der Waals surface area contributed by atoms with Gasteiger partial charge in [-0.1, -0.05) is 19.9 Å². The second-order valence-electron chi connectivity index (χ2n) is 6.65. The molecule has 1 fully saturated rings. The highest BCUT2D eigenvalue weighted by atomic mass is 16.5. The number of ether oxygens (including phenoxy) is 2. The molecular weight excluding hydrogens is 310 g/mol. The molecule has 1 heterocycles. The van der Waals surface area contributed by atoms with Gasteiger partial charge in [-0.2, -0.15) is 0 Å². The Labute approximate surface area is 142 Å². The van der Waals surface area contributed by atoms with Crippen molar-refractivity contribution in [1.82, 2.24) is 5.32 Å². The number of carboxylic acid groups (broad SMARTS) is 1. The number of benzene rings is 1. The number of amides is 1. The van der Waals surface area contributed by atoms with Gasteiger partial charge in [0, 0.05) is 18.8 Å². The monoisotopic (exact) mass is 335 g/mol. The minimum absolute atomic E-state index is 0.106. The van der Waals surface area contributed by atoms with Gasteiger partial charge in [0.15, 0.2) is 0 Å². The average Bonchev–Trinajstić information content (AvgIpc) is 2.53. The summed E-state index contributed by atoms with van der Waals surface area (Å²) < 4.78 is 10.9. The molecule has 1 aliphatic rings. The Morgan fingerprint density at radius 3 is 2.67 bits per heavy atom. The fourth-order valence-corrected chi connectivity index (χ4v) is 2.70. The molecule has 0 spiro atoms. The molecule has 6 nitrogen and oxygen atoms in total. The molecule has 1 saturated heterocycles. The second-order valence-corrected chi connectivity index (χ2v) is 6.65. The first-order valence-corrected chi connectivity index (χ1v) is 8.25. The Kier molecular flexibility index (Phi) is 6.20. The number of hydrogen-bond acceptors (Lipinski definition) is 4. The molecule has 0 unspecified atom stereocenters. The predicted molar refractivity (Wildman–Crippen MR) is 89.3 cm³/mol. The largest absolute Gasteiger partial charge is 0.493 e. The van der Waals surface area contributed by atoms with Crippen molar-refractivity contribution in [3.05, 3.63) is 29.8 Å². The van der Waals surface area contributed by atoms with Gasteiger partial charge in [0.05, 0.1) is 18.6 Å². The van der Waals surface area contributed by atoms with Crippen molar-refractivity contribution < 1.29 is 24.2 Å². The molecule has 2 N–H and O–H groups in total. The van der Waals surface area contributed by atoms with Crippen LogP contribution in [0.3, 0.4) is 0 Å². The van der Waals surface area contributed by atoms with Gasteiger partial charge in [-0.25, -0.2) is 0 Å². The van der Waals surface area contributed by atoms with E-state index in [1.807, 2.05) is 0 Å². The lowest BCUT2D eigenvalue weighted by Crippen LogP contribution is -2.53. The molecule has 1 aliphatic heterocycles. The third kappa shape index (κ3) is 5.23. The average molecular weight is 335 g/mol. The molecular formula is C18H25NO5. The summed E-state index contributed by atoms with van der Waals surface area (Å²) in [4.78, 5) is 23.8. The normalized spacial score (nSPS) is 16.6. The zero-order valence-corrected chi connectivity index (χ0v) is 14.2. The van der Waals surface area contributed by atoms with Crippen molar-refractivity contribution in [2.24, 2.45) is 5.92 Å². The van der Waals surface area contributed by atoms with E-state index in [4.69, 9.17) is 14.6 Å². The van der Waals surface area contributed by atoms with Crippen LogP contribution in [0.1, 0.15) is 43.5 Å². The number of nitrogens with one attached hydrogen (secondary N) is 1. The molecule has 1 aromatic carbocycles. The third-order valence-corrected chi connectivity index (χ3v) is 4.00. The quantitative estimate of drug-likeness (QED) is 0.799. The first kappa shape index (κ1) is 18.3. The number of hydrogen-bond donors (Lipinski definition) is 2. The molecule has 6 heteroatoms. The van der Waals surface area contributed by atoms with Crippen molar-refractivity contribution in [3.63, 3.8) is 0 Å². The summed E-state index contributed by atoms with van der Waals surface area (Å²) in [5, 5.41) is 12.1. The summed E-state index contributed by atoms with van der Waals surface area (Å²) in [5.41, 5.74) is -0.289. The van der Waals surface area contributed by atoms with E-state index in [-0.39, 0.29) is 12.3 Å². The highest BCUT2D eigenvalue weighted by Gasteiger charge is 2.36. The molecule has 0 saturated carbocycles. The van der Waals surface area contributed by atoms with Crippen molar-refractivity contribution in [2.45, 2.75) is 38.6 Å². The van der Waals surface area contributed by atoms with Crippen molar-refractivity contribution >= 4 is 11.9 Å². The smallest absolute Gasteiger partial charge is 0.305 e. The van der Waals surface area contributed by atoms with E-state index >= 15 is 0 Å². The molecule has 1 aromatic rings. The van der Waals surface area contributed by atoms with Crippen LogP contribution >= 0.6 is 0 Å². The van der Waals surface area contributed by atoms with Crippen LogP contribution < -0.4 is 10.1 Å². The van der Waals surface area contributed by atoms with Crippen LogP contribution in [0.25, 0.3) is 0 Å². The minimum atomic E-state index is -0.925. The number of carboxylic acids is 1. The zero-order valence-electron chi connectivity index (χ0n) is 14.2. The Bertz CT molecular complexity index is 579. The van der Waals surface area contributed by atoms with E-state index in [1.54, 1.807) is 24.3 Å². The maximum Gasteiger partial charge on any atom is 0.305 e. The number of carbonyl (C=O) groups is 2. The van der Waals surface area contributed by atoms with Crippen LogP contribution in [0.2, 0.25) is 0 Å². The van der Waals surface area contributed by atoms with Gasteiger partial charge in [-0.3, -0.25) is 9.59 Å². The van der Waals surface area contributed by atoms with E-state index in [9.17, 15) is 9.59 Å². The van der Waals surface area contributed by atoms with E-state index in [2.05, 4.69) is 19.2 Å². The second kappa shape index (κ2) is 8.15. The SMILES string of the molecule is CC(C)COc1cccc(C(=O)NC2(CC(=O)O)CCOCC2)c1. The molecule has 2 rings (SSSR count). The maximum atomic E-state index is 12.6. The number of carbonyl (C=O) groups excluding carboxylic acids is 1. The van der Waals surface area contributed by atoms with Crippen LogP contribution in [-0.4, -0.2) is 42.3 Å². The van der Waals surface area contributed by atoms with Crippen molar-refractivity contribution in [2.75, 3.05) is 19.8 Å². The highest BCUT2D eigenvalue weighted by Crippen LogP contribution is 2.25. The number of rotatable bonds is 7. The van der Waals surface area contributed by atoms with Crippen LogP contribution in [0, 0.1) is 5.92 Å². The van der Waals surface area contributed by atoms with Gasteiger partial charge in [0.25, 0.3) is 5.91 Å². The lowest BCUT2D eigenvalue weighted by molar-refractivity contribution is -0.139. The fourth-order valence-electron chi connectivity index (χ4n) is 2.70. The summed E-state index contributed by atoms with van der Waals surface area (Å²) in [6, 6.07) is 6.95. The molecule has 0 radical (unpaired) electrons. The number of aliphatic carboxylic acids is 1. The van der Waals surface area contributed by atoms with Crippen LogP contribution in [0.5, 0.6) is 5.75 Å². The van der Waals surface area contributed by atoms with Crippen LogP contribution in [0.4, 0.5) is 0 Å². The van der Waals surface area contributed by atoms with E-state index in [0.29, 0.717) is 49.9 Å². The first-order valence-electron chi connectivity index (χ1n) is 8.25. The fraction of sp³-hybridized carbons (Fsp3) is 0.556. The van der Waals surface area contributed by atoms with Crippen molar-refractivity contribution in [1.29, 1.82) is 0 Å². The van der Waals surface area contributed by atoms with Gasteiger partial charge in [-0.15, -0.1) is 0 Å². The predicted octanol–water partition coefficient (Wildman–Crippen LogP) is 2.48.